The Labute approximate surface area is 137 Å². The molecular formula is C15H14F2N2O4S. The molecule has 0 aliphatic heterocycles. The number of nitro benzene ring substituents is 1. The van der Waals surface area contributed by atoms with Crippen molar-refractivity contribution in [1.29, 1.82) is 0 Å². The van der Waals surface area contributed by atoms with Crippen molar-refractivity contribution in [3.05, 3.63) is 69.3 Å². The van der Waals surface area contributed by atoms with Gasteiger partial charge in [-0.3, -0.25) is 10.1 Å². The van der Waals surface area contributed by atoms with Crippen molar-refractivity contribution in [2.75, 3.05) is 0 Å². The predicted molar refractivity (Wildman–Crippen MR) is 82.9 cm³/mol. The van der Waals surface area contributed by atoms with Crippen LogP contribution in [0.25, 0.3) is 0 Å². The van der Waals surface area contributed by atoms with Crippen molar-refractivity contribution in [1.82, 2.24) is 4.72 Å². The molecule has 0 heterocycles. The molecule has 9 heteroatoms. The molecule has 0 aliphatic carbocycles. The van der Waals surface area contributed by atoms with E-state index < -0.39 is 32.6 Å². The summed E-state index contributed by atoms with van der Waals surface area (Å²) in [5.74, 6) is -2.13. The minimum absolute atomic E-state index is 0.221. The molecule has 2 aromatic rings. The zero-order valence-electron chi connectivity index (χ0n) is 12.8. The maximum absolute atomic E-state index is 13.3. The Morgan fingerprint density at radius 2 is 1.79 bits per heavy atom. The lowest BCUT2D eigenvalue weighted by Gasteiger charge is -2.15. The minimum atomic E-state index is -4.07. The molecule has 0 amide bonds. The number of aryl methyl sites for hydroxylation is 1. The number of nitrogens with one attached hydrogen (secondary N) is 1. The second-order valence-corrected chi connectivity index (χ2v) is 6.94. The lowest BCUT2D eigenvalue weighted by Crippen LogP contribution is -2.27. The summed E-state index contributed by atoms with van der Waals surface area (Å²) in [6.45, 7) is 2.94. The average molecular weight is 356 g/mol. The molecule has 0 radical (unpaired) electrons. The number of nitrogens with zero attached hydrogens (tertiary/aromatic N) is 1. The maximum atomic E-state index is 13.3. The molecule has 0 bridgehead atoms. The number of benzene rings is 2. The van der Waals surface area contributed by atoms with E-state index in [0.29, 0.717) is 5.56 Å². The van der Waals surface area contributed by atoms with Crippen LogP contribution in [-0.4, -0.2) is 13.3 Å². The van der Waals surface area contributed by atoms with Gasteiger partial charge in [-0.1, -0.05) is 12.1 Å². The van der Waals surface area contributed by atoms with E-state index >= 15 is 0 Å². The first-order valence-electron chi connectivity index (χ1n) is 6.84. The summed E-state index contributed by atoms with van der Waals surface area (Å²) in [6, 6.07) is 5.70. The second kappa shape index (κ2) is 6.62. The highest BCUT2D eigenvalue weighted by Gasteiger charge is 2.22. The van der Waals surface area contributed by atoms with Gasteiger partial charge in [0.1, 0.15) is 0 Å². The fraction of sp³-hybridized carbons (Fsp3) is 0.200. The van der Waals surface area contributed by atoms with E-state index in [-0.39, 0.29) is 16.1 Å². The number of hydrogen-bond acceptors (Lipinski definition) is 4. The van der Waals surface area contributed by atoms with Crippen molar-refractivity contribution in [3.63, 3.8) is 0 Å². The van der Waals surface area contributed by atoms with Crippen LogP contribution in [0.2, 0.25) is 0 Å². The molecule has 0 spiro atoms. The standard InChI is InChI=1S/C15H14F2N2O4S/c1-9-3-5-12(8-15(9)19(20)21)24(22,23)18-10(2)11-4-6-13(16)14(17)7-11/h3-8,10,18H,1-2H3. The average Bonchev–Trinajstić information content (AvgIpc) is 2.49. The van der Waals surface area contributed by atoms with E-state index in [4.69, 9.17) is 0 Å². The molecule has 2 rings (SSSR count). The first-order chi connectivity index (χ1) is 11.1. The highest BCUT2D eigenvalue weighted by Crippen LogP contribution is 2.24. The van der Waals surface area contributed by atoms with Gasteiger partial charge in [0, 0.05) is 17.7 Å². The first-order valence-corrected chi connectivity index (χ1v) is 8.32. The molecule has 0 saturated carbocycles. The molecule has 0 saturated heterocycles. The lowest BCUT2D eigenvalue weighted by atomic mass is 10.1. The SMILES string of the molecule is Cc1ccc(S(=O)(=O)NC(C)c2ccc(F)c(F)c2)cc1[N+](=O)[O-]. The third-order valence-electron chi connectivity index (χ3n) is 3.46. The van der Waals surface area contributed by atoms with Crippen LogP contribution in [0.5, 0.6) is 0 Å². The third kappa shape index (κ3) is 3.74. The Morgan fingerprint density at radius 3 is 2.38 bits per heavy atom. The van der Waals surface area contributed by atoms with Crippen molar-refractivity contribution < 1.29 is 22.1 Å². The highest BCUT2D eigenvalue weighted by atomic mass is 32.2. The van der Waals surface area contributed by atoms with Crippen molar-refractivity contribution >= 4 is 15.7 Å². The van der Waals surface area contributed by atoms with E-state index in [0.717, 1.165) is 18.2 Å². The van der Waals surface area contributed by atoms with Gasteiger partial charge in [0.05, 0.1) is 9.82 Å². The number of hydrogen-bond donors (Lipinski definition) is 1. The summed E-state index contributed by atoms with van der Waals surface area (Å²) in [4.78, 5) is 9.97. The van der Waals surface area contributed by atoms with Crippen LogP contribution in [-0.2, 0) is 10.0 Å². The van der Waals surface area contributed by atoms with Crippen LogP contribution in [0.4, 0.5) is 14.5 Å². The van der Waals surface area contributed by atoms with E-state index in [9.17, 15) is 27.3 Å². The Balaban J connectivity index is 2.32. The van der Waals surface area contributed by atoms with Gasteiger partial charge in [0.15, 0.2) is 11.6 Å². The first kappa shape index (κ1) is 18.0. The van der Waals surface area contributed by atoms with E-state index in [1.807, 2.05) is 0 Å². The molecular weight excluding hydrogens is 342 g/mol. The molecule has 24 heavy (non-hydrogen) atoms. The summed E-state index contributed by atoms with van der Waals surface area (Å²) in [7, 11) is -4.07. The summed E-state index contributed by atoms with van der Waals surface area (Å²) < 4.78 is 53.2. The van der Waals surface area contributed by atoms with Crippen LogP contribution in [0.3, 0.4) is 0 Å². The van der Waals surface area contributed by atoms with Crippen LogP contribution < -0.4 is 4.72 Å². The summed E-state index contributed by atoms with van der Waals surface area (Å²) in [6.07, 6.45) is 0. The summed E-state index contributed by atoms with van der Waals surface area (Å²) in [5.41, 5.74) is 0.227. The summed E-state index contributed by atoms with van der Waals surface area (Å²) in [5, 5.41) is 10.9. The van der Waals surface area contributed by atoms with Gasteiger partial charge >= 0.3 is 0 Å². The van der Waals surface area contributed by atoms with E-state index in [1.54, 1.807) is 0 Å². The van der Waals surface area contributed by atoms with Crippen molar-refractivity contribution in [3.8, 4) is 0 Å². The monoisotopic (exact) mass is 356 g/mol. The van der Waals surface area contributed by atoms with Gasteiger partial charge < -0.3 is 0 Å². The number of sulfonamides is 1. The highest BCUT2D eigenvalue weighted by molar-refractivity contribution is 7.89. The largest absolute Gasteiger partial charge is 0.273 e. The fourth-order valence-corrected chi connectivity index (χ4v) is 3.36. The van der Waals surface area contributed by atoms with Gasteiger partial charge in [0.25, 0.3) is 5.69 Å². The molecule has 0 fully saturated rings. The molecule has 2 aromatic carbocycles. The van der Waals surface area contributed by atoms with E-state index in [1.165, 1.54) is 32.0 Å². The quantitative estimate of drug-likeness (QED) is 0.658. The lowest BCUT2D eigenvalue weighted by molar-refractivity contribution is -0.385. The fourth-order valence-electron chi connectivity index (χ4n) is 2.10. The number of nitro groups is 1. The van der Waals surface area contributed by atoms with Crippen molar-refractivity contribution in [2.45, 2.75) is 24.8 Å². The van der Waals surface area contributed by atoms with Crippen LogP contribution in [0, 0.1) is 28.7 Å². The second-order valence-electron chi connectivity index (χ2n) is 5.22. The Kier molecular flexibility index (Phi) is 4.95. The van der Waals surface area contributed by atoms with Crippen LogP contribution >= 0.6 is 0 Å². The minimum Gasteiger partial charge on any atom is -0.258 e. The van der Waals surface area contributed by atoms with Gasteiger partial charge in [-0.15, -0.1) is 0 Å². The molecule has 1 N–H and O–H groups in total. The van der Waals surface area contributed by atoms with Gasteiger partial charge in [0.2, 0.25) is 10.0 Å². The molecule has 0 aliphatic rings. The number of rotatable bonds is 5. The van der Waals surface area contributed by atoms with Crippen LogP contribution in [0.1, 0.15) is 24.1 Å². The smallest absolute Gasteiger partial charge is 0.258 e. The van der Waals surface area contributed by atoms with E-state index in [2.05, 4.69) is 4.72 Å². The van der Waals surface area contributed by atoms with Gasteiger partial charge in [-0.2, -0.15) is 0 Å². The third-order valence-corrected chi connectivity index (χ3v) is 5.00. The number of halogens is 2. The Bertz CT molecular complexity index is 900. The maximum Gasteiger partial charge on any atom is 0.273 e. The molecule has 1 atom stereocenters. The Morgan fingerprint density at radius 1 is 1.12 bits per heavy atom. The molecule has 0 aromatic heterocycles. The summed E-state index contributed by atoms with van der Waals surface area (Å²) >= 11 is 0. The van der Waals surface area contributed by atoms with Gasteiger partial charge in [-0.25, -0.2) is 21.9 Å². The zero-order valence-corrected chi connectivity index (χ0v) is 13.6. The predicted octanol–water partition coefficient (Wildman–Crippen LogP) is 3.22. The molecule has 128 valence electrons. The van der Waals surface area contributed by atoms with Crippen LogP contribution in [0.15, 0.2) is 41.3 Å². The topological polar surface area (TPSA) is 89.3 Å². The zero-order chi connectivity index (χ0) is 18.1. The Hall–Kier alpha value is -2.39. The molecule has 6 nitrogen and oxygen atoms in total. The van der Waals surface area contributed by atoms with Gasteiger partial charge in [-0.05, 0) is 37.6 Å². The van der Waals surface area contributed by atoms with Crippen molar-refractivity contribution in [2.24, 2.45) is 0 Å². The normalized spacial score (nSPS) is 12.8. The molecule has 1 unspecified atom stereocenters.